The molecule has 3 saturated heterocycles. The van der Waals surface area contributed by atoms with E-state index in [2.05, 4.69) is 29.1 Å². The van der Waals surface area contributed by atoms with Crippen molar-refractivity contribution in [2.24, 2.45) is 0 Å². The largest absolute Gasteiger partial charge is 0.311 e. The molecule has 3 aliphatic rings. The van der Waals surface area contributed by atoms with E-state index < -0.39 is 0 Å². The lowest BCUT2D eigenvalue weighted by Gasteiger charge is -2.40. The molecule has 2 unspecified atom stereocenters. The normalized spacial score (nSPS) is 37.9. The molecule has 2 atom stereocenters. The predicted molar refractivity (Wildman–Crippen MR) is 80.5 cm³/mol. The van der Waals surface area contributed by atoms with Crippen LogP contribution in [-0.2, 0) is 0 Å². The maximum Gasteiger partial charge on any atom is 0.0111 e. The summed E-state index contributed by atoms with van der Waals surface area (Å²) in [6.07, 6.45) is 9.69. The van der Waals surface area contributed by atoms with Crippen LogP contribution in [0.4, 0.5) is 0 Å². The minimum absolute atomic E-state index is 0.793. The molecule has 0 aromatic rings. The molecular formula is C16H31N3. The Kier molecular flexibility index (Phi) is 4.45. The van der Waals surface area contributed by atoms with Crippen LogP contribution in [0.5, 0.6) is 0 Å². The molecule has 0 spiro atoms. The smallest absolute Gasteiger partial charge is 0.0111 e. The minimum Gasteiger partial charge on any atom is -0.311 e. The Bertz CT molecular complexity index is 272. The highest BCUT2D eigenvalue weighted by Gasteiger charge is 2.38. The zero-order valence-corrected chi connectivity index (χ0v) is 12.8. The molecule has 0 saturated carbocycles. The van der Waals surface area contributed by atoms with Crippen LogP contribution in [0.2, 0.25) is 0 Å². The third-order valence-electron chi connectivity index (χ3n) is 5.70. The summed E-state index contributed by atoms with van der Waals surface area (Å²) in [4.78, 5) is 5.28. The van der Waals surface area contributed by atoms with Gasteiger partial charge in [-0.15, -0.1) is 0 Å². The molecule has 19 heavy (non-hydrogen) atoms. The van der Waals surface area contributed by atoms with E-state index in [0.29, 0.717) is 0 Å². The molecule has 3 heteroatoms. The van der Waals surface area contributed by atoms with Crippen LogP contribution in [0.1, 0.15) is 51.9 Å². The SMILES string of the molecule is CCCN1CCC(NC2CC3CCC(C2)N3C)CC1. The zero-order valence-electron chi connectivity index (χ0n) is 12.8. The van der Waals surface area contributed by atoms with Gasteiger partial charge in [0.2, 0.25) is 0 Å². The molecule has 3 fully saturated rings. The Morgan fingerprint density at radius 2 is 1.58 bits per heavy atom. The van der Waals surface area contributed by atoms with Crippen LogP contribution in [0, 0.1) is 0 Å². The van der Waals surface area contributed by atoms with Gasteiger partial charge >= 0.3 is 0 Å². The van der Waals surface area contributed by atoms with Gasteiger partial charge in [0, 0.05) is 24.2 Å². The quantitative estimate of drug-likeness (QED) is 0.839. The summed E-state index contributed by atoms with van der Waals surface area (Å²) in [7, 11) is 2.34. The van der Waals surface area contributed by atoms with Gasteiger partial charge in [-0.2, -0.15) is 0 Å². The fourth-order valence-electron chi connectivity index (χ4n) is 4.52. The Balaban J connectivity index is 1.43. The van der Waals surface area contributed by atoms with Crippen LogP contribution in [0.3, 0.4) is 0 Å². The molecule has 1 N–H and O–H groups in total. The first-order chi connectivity index (χ1) is 9.26. The molecular weight excluding hydrogens is 234 g/mol. The van der Waals surface area contributed by atoms with Gasteiger partial charge in [-0.05, 0) is 71.6 Å². The molecule has 2 bridgehead atoms. The van der Waals surface area contributed by atoms with E-state index in [0.717, 1.165) is 24.2 Å². The zero-order chi connectivity index (χ0) is 13.2. The van der Waals surface area contributed by atoms with Crippen LogP contribution in [0.25, 0.3) is 0 Å². The standard InChI is InChI=1S/C16H31N3/c1-3-8-19-9-6-13(7-10-19)17-14-11-15-4-5-16(12-14)18(15)2/h13-17H,3-12H2,1-2H3. The predicted octanol–water partition coefficient (Wildman–Crippen LogP) is 2.08. The fraction of sp³-hybridized carbons (Fsp3) is 1.00. The average Bonchev–Trinajstić information content (AvgIpc) is 2.64. The first-order valence-corrected chi connectivity index (χ1v) is 8.46. The van der Waals surface area contributed by atoms with E-state index in [1.807, 2.05) is 0 Å². The van der Waals surface area contributed by atoms with E-state index in [1.165, 1.54) is 64.6 Å². The number of nitrogens with zero attached hydrogens (tertiary/aromatic N) is 2. The first-order valence-electron chi connectivity index (χ1n) is 8.46. The molecule has 0 aliphatic carbocycles. The second-order valence-corrected chi connectivity index (χ2v) is 7.00. The first kappa shape index (κ1) is 13.8. The second kappa shape index (κ2) is 6.11. The third-order valence-corrected chi connectivity index (χ3v) is 5.70. The second-order valence-electron chi connectivity index (χ2n) is 7.00. The Labute approximate surface area is 118 Å². The number of rotatable bonds is 4. The number of nitrogens with one attached hydrogen (secondary N) is 1. The molecule has 3 heterocycles. The van der Waals surface area contributed by atoms with Gasteiger partial charge in [0.05, 0.1) is 0 Å². The highest BCUT2D eigenvalue weighted by molar-refractivity contribution is 4.97. The lowest BCUT2D eigenvalue weighted by atomic mass is 9.95. The lowest BCUT2D eigenvalue weighted by Crippen LogP contribution is -2.52. The summed E-state index contributed by atoms with van der Waals surface area (Å²) in [5.41, 5.74) is 0. The Hall–Kier alpha value is -0.120. The van der Waals surface area contributed by atoms with Gasteiger partial charge in [-0.25, -0.2) is 0 Å². The monoisotopic (exact) mass is 265 g/mol. The van der Waals surface area contributed by atoms with Crippen molar-refractivity contribution in [2.45, 2.75) is 76.0 Å². The average molecular weight is 265 g/mol. The summed E-state index contributed by atoms with van der Waals surface area (Å²) >= 11 is 0. The number of likely N-dealkylation sites (tertiary alicyclic amines) is 1. The maximum atomic E-state index is 3.99. The van der Waals surface area contributed by atoms with Crippen LogP contribution in [0.15, 0.2) is 0 Å². The molecule has 0 amide bonds. The van der Waals surface area contributed by atoms with Gasteiger partial charge in [0.25, 0.3) is 0 Å². The minimum atomic E-state index is 0.793. The van der Waals surface area contributed by atoms with Crippen molar-refractivity contribution in [3.63, 3.8) is 0 Å². The van der Waals surface area contributed by atoms with Crippen molar-refractivity contribution in [1.29, 1.82) is 0 Å². The van der Waals surface area contributed by atoms with Crippen molar-refractivity contribution >= 4 is 0 Å². The Morgan fingerprint density at radius 3 is 2.16 bits per heavy atom. The topological polar surface area (TPSA) is 18.5 Å². The molecule has 3 nitrogen and oxygen atoms in total. The van der Waals surface area contributed by atoms with E-state index in [1.54, 1.807) is 0 Å². The molecule has 3 aliphatic heterocycles. The summed E-state index contributed by atoms with van der Waals surface area (Å²) in [5.74, 6) is 0. The summed E-state index contributed by atoms with van der Waals surface area (Å²) in [6, 6.07) is 3.34. The fourth-order valence-corrected chi connectivity index (χ4v) is 4.52. The van der Waals surface area contributed by atoms with Gasteiger partial charge in [0.15, 0.2) is 0 Å². The molecule has 110 valence electrons. The van der Waals surface area contributed by atoms with Crippen molar-refractivity contribution in [1.82, 2.24) is 15.1 Å². The molecule has 0 radical (unpaired) electrons. The highest BCUT2D eigenvalue weighted by atomic mass is 15.2. The van der Waals surface area contributed by atoms with Gasteiger partial charge in [-0.3, -0.25) is 0 Å². The number of fused-ring (bicyclic) bond motifs is 2. The number of hydrogen-bond donors (Lipinski definition) is 1. The van der Waals surface area contributed by atoms with Crippen molar-refractivity contribution in [3.8, 4) is 0 Å². The third kappa shape index (κ3) is 3.14. The molecule has 3 rings (SSSR count). The molecule has 0 aromatic carbocycles. The van der Waals surface area contributed by atoms with Crippen molar-refractivity contribution in [2.75, 3.05) is 26.7 Å². The van der Waals surface area contributed by atoms with E-state index in [9.17, 15) is 0 Å². The van der Waals surface area contributed by atoms with Gasteiger partial charge in [0.1, 0.15) is 0 Å². The summed E-state index contributed by atoms with van der Waals surface area (Å²) < 4.78 is 0. The van der Waals surface area contributed by atoms with E-state index >= 15 is 0 Å². The number of hydrogen-bond acceptors (Lipinski definition) is 3. The summed E-state index contributed by atoms with van der Waals surface area (Å²) in [5, 5.41) is 3.99. The lowest BCUT2D eigenvalue weighted by molar-refractivity contribution is 0.128. The van der Waals surface area contributed by atoms with E-state index in [4.69, 9.17) is 0 Å². The van der Waals surface area contributed by atoms with Crippen LogP contribution < -0.4 is 5.32 Å². The Morgan fingerprint density at radius 1 is 0.947 bits per heavy atom. The van der Waals surface area contributed by atoms with Crippen LogP contribution >= 0.6 is 0 Å². The maximum absolute atomic E-state index is 3.99. The van der Waals surface area contributed by atoms with Crippen LogP contribution in [-0.4, -0.2) is 60.6 Å². The van der Waals surface area contributed by atoms with Crippen molar-refractivity contribution < 1.29 is 0 Å². The number of piperidine rings is 2. The highest BCUT2D eigenvalue weighted by Crippen LogP contribution is 2.34. The van der Waals surface area contributed by atoms with Crippen molar-refractivity contribution in [3.05, 3.63) is 0 Å². The van der Waals surface area contributed by atoms with Gasteiger partial charge < -0.3 is 15.1 Å². The van der Waals surface area contributed by atoms with Gasteiger partial charge in [-0.1, -0.05) is 6.92 Å². The van der Waals surface area contributed by atoms with E-state index in [-0.39, 0.29) is 0 Å². The molecule has 0 aromatic heterocycles. The summed E-state index contributed by atoms with van der Waals surface area (Å²) in [6.45, 7) is 6.21.